The van der Waals surface area contributed by atoms with E-state index in [9.17, 15) is 18.0 Å². The Morgan fingerprint density at radius 1 is 0.951 bits per heavy atom. The van der Waals surface area contributed by atoms with E-state index in [4.69, 9.17) is 17.3 Å². The molecule has 0 saturated carbocycles. The van der Waals surface area contributed by atoms with Gasteiger partial charge >= 0.3 is 6.18 Å². The highest BCUT2D eigenvalue weighted by atomic mass is 35.5. The molecule has 0 saturated heterocycles. The maximum atomic E-state index is 13.3. The van der Waals surface area contributed by atoms with Crippen molar-refractivity contribution in [1.29, 1.82) is 0 Å². The first-order valence-corrected chi connectivity index (χ1v) is 14.7. The van der Waals surface area contributed by atoms with Crippen LogP contribution in [0.4, 0.5) is 13.2 Å². The summed E-state index contributed by atoms with van der Waals surface area (Å²) in [6, 6.07) is 19.9. The third kappa shape index (κ3) is 6.76. The lowest BCUT2D eigenvalue weighted by Gasteiger charge is -2.16. The van der Waals surface area contributed by atoms with E-state index in [0.29, 0.717) is 34.1 Å². The standard InChI is InChI=1S/C28H23ClF3N5OS2.ClH/c1-39-20-8-6-19(7-9-20)37-25(22-11-10-21(14-23(22)29)40-13-12-33)15-24-26(35-37)27(38)36(34-24)16-17-2-4-18(5-3-17)28(30,31)32;/h2-11,14-15H,12-13,16,33H2,1H3;1H. The fourth-order valence-corrected chi connectivity index (χ4v) is 5.62. The Hall–Kier alpha value is -2.96. The van der Waals surface area contributed by atoms with Crippen LogP contribution in [0.3, 0.4) is 0 Å². The SMILES string of the molecule is CSc1ccc(-n2nc3c(=O)n(Cc4ccc(C(F)(F)F)cc4)nc-3cc2-c2ccc(SCCN)cc2Cl)cc1.Cl. The van der Waals surface area contributed by atoms with E-state index in [1.165, 1.54) is 16.8 Å². The van der Waals surface area contributed by atoms with Gasteiger partial charge in [0, 0.05) is 27.7 Å². The van der Waals surface area contributed by atoms with Gasteiger partial charge in [0.2, 0.25) is 0 Å². The number of nitrogens with two attached hydrogens (primary N) is 1. The van der Waals surface area contributed by atoms with Crippen LogP contribution in [0.15, 0.2) is 87.4 Å². The van der Waals surface area contributed by atoms with Crippen molar-refractivity contribution in [3.05, 3.63) is 99.3 Å². The molecule has 5 rings (SSSR count). The molecule has 2 N–H and O–H groups in total. The molecule has 0 fully saturated rings. The second kappa shape index (κ2) is 12.9. The summed E-state index contributed by atoms with van der Waals surface area (Å²) in [4.78, 5) is 15.4. The minimum absolute atomic E-state index is 0. The first-order valence-electron chi connectivity index (χ1n) is 12.1. The average Bonchev–Trinajstić information content (AvgIpc) is 3.25. The molecule has 0 amide bonds. The van der Waals surface area contributed by atoms with Crippen molar-refractivity contribution < 1.29 is 13.2 Å². The third-order valence-electron chi connectivity index (χ3n) is 6.14. The average molecular weight is 639 g/mol. The molecule has 0 spiro atoms. The number of fused-ring (bicyclic) bond motifs is 1. The van der Waals surface area contributed by atoms with E-state index < -0.39 is 17.3 Å². The number of rotatable bonds is 8. The van der Waals surface area contributed by atoms with Crippen LogP contribution in [-0.4, -0.2) is 38.1 Å². The number of hydrogen-bond donors (Lipinski definition) is 1. The summed E-state index contributed by atoms with van der Waals surface area (Å²) < 4.78 is 41.7. The monoisotopic (exact) mass is 637 g/mol. The molecule has 41 heavy (non-hydrogen) atoms. The number of hydrogen-bond acceptors (Lipinski definition) is 6. The van der Waals surface area contributed by atoms with Gasteiger partial charge in [-0.2, -0.15) is 23.4 Å². The highest BCUT2D eigenvalue weighted by molar-refractivity contribution is 7.99. The quantitative estimate of drug-likeness (QED) is 0.183. The van der Waals surface area contributed by atoms with Crippen molar-refractivity contribution >= 4 is 47.5 Å². The molecule has 3 aromatic rings. The number of nitrogens with zero attached hydrogens (tertiary/aromatic N) is 4. The van der Waals surface area contributed by atoms with Crippen molar-refractivity contribution in [3.63, 3.8) is 0 Å². The lowest BCUT2D eigenvalue weighted by Crippen LogP contribution is -2.19. The van der Waals surface area contributed by atoms with Crippen LogP contribution in [0.25, 0.3) is 28.3 Å². The van der Waals surface area contributed by atoms with E-state index in [2.05, 4.69) is 10.2 Å². The molecule has 0 unspecified atom stereocenters. The van der Waals surface area contributed by atoms with Crippen LogP contribution >= 0.6 is 47.5 Å². The van der Waals surface area contributed by atoms with Crippen molar-refractivity contribution in [2.75, 3.05) is 18.6 Å². The fourth-order valence-electron chi connectivity index (χ4n) is 4.15. The van der Waals surface area contributed by atoms with Gasteiger partial charge in [0.15, 0.2) is 5.69 Å². The molecule has 13 heteroatoms. The Kier molecular flexibility index (Phi) is 9.76. The smallest absolute Gasteiger partial charge is 0.330 e. The summed E-state index contributed by atoms with van der Waals surface area (Å²) >= 11 is 9.94. The lowest BCUT2D eigenvalue weighted by molar-refractivity contribution is -0.137. The van der Waals surface area contributed by atoms with Gasteiger partial charge in [-0.3, -0.25) is 4.79 Å². The van der Waals surface area contributed by atoms with E-state index in [0.717, 1.165) is 33.4 Å². The fraction of sp³-hybridized carbons (Fsp3) is 0.179. The summed E-state index contributed by atoms with van der Waals surface area (Å²) in [5.41, 5.74) is 7.47. The second-order valence-electron chi connectivity index (χ2n) is 8.81. The van der Waals surface area contributed by atoms with Gasteiger partial charge in [-0.05, 0) is 66.4 Å². The zero-order valence-corrected chi connectivity index (χ0v) is 24.8. The molecular formula is C28H24Cl2F3N5OS2. The van der Waals surface area contributed by atoms with Crippen LogP contribution in [0.1, 0.15) is 11.1 Å². The van der Waals surface area contributed by atoms with Crippen molar-refractivity contribution in [3.8, 4) is 28.3 Å². The minimum atomic E-state index is -4.44. The molecule has 6 nitrogen and oxygen atoms in total. The molecule has 0 atom stereocenters. The van der Waals surface area contributed by atoms with Crippen LogP contribution in [0.5, 0.6) is 0 Å². The third-order valence-corrected chi connectivity index (χ3v) is 8.23. The van der Waals surface area contributed by atoms with Gasteiger partial charge in [-0.25, -0.2) is 9.36 Å². The summed E-state index contributed by atoms with van der Waals surface area (Å²) in [6.07, 6.45) is -2.45. The Morgan fingerprint density at radius 3 is 2.24 bits per heavy atom. The Balaban J connectivity index is 0.00000387. The van der Waals surface area contributed by atoms with Crippen molar-refractivity contribution in [1.82, 2.24) is 19.6 Å². The van der Waals surface area contributed by atoms with E-state index >= 15 is 0 Å². The van der Waals surface area contributed by atoms with E-state index in [-0.39, 0.29) is 24.6 Å². The zero-order chi connectivity index (χ0) is 28.4. The Bertz CT molecular complexity index is 1670. The molecule has 2 heterocycles. The molecule has 0 aliphatic carbocycles. The molecule has 0 radical (unpaired) electrons. The predicted octanol–water partition coefficient (Wildman–Crippen LogP) is 7.12. The molecule has 2 aliphatic rings. The lowest BCUT2D eigenvalue weighted by atomic mass is 10.1. The van der Waals surface area contributed by atoms with Crippen LogP contribution in [-0.2, 0) is 12.7 Å². The summed E-state index contributed by atoms with van der Waals surface area (Å²) in [7, 11) is 0. The van der Waals surface area contributed by atoms with Crippen LogP contribution in [0, 0.1) is 0 Å². The van der Waals surface area contributed by atoms with E-state index in [1.54, 1.807) is 34.3 Å². The first-order chi connectivity index (χ1) is 19.2. The van der Waals surface area contributed by atoms with Crippen LogP contribution < -0.4 is 11.3 Å². The van der Waals surface area contributed by atoms with Gasteiger partial charge in [0.05, 0.1) is 28.5 Å². The second-order valence-corrected chi connectivity index (χ2v) is 11.3. The normalized spacial score (nSPS) is 11.6. The van der Waals surface area contributed by atoms with Gasteiger partial charge in [-0.15, -0.1) is 35.9 Å². The minimum Gasteiger partial charge on any atom is -0.330 e. The topological polar surface area (TPSA) is 78.7 Å². The largest absolute Gasteiger partial charge is 0.416 e. The first kappa shape index (κ1) is 31.0. The summed E-state index contributed by atoms with van der Waals surface area (Å²) in [5.74, 6) is 0.758. The Morgan fingerprint density at radius 2 is 1.63 bits per heavy atom. The maximum absolute atomic E-state index is 13.3. The summed E-state index contributed by atoms with van der Waals surface area (Å²) in [6.45, 7) is 0.544. The molecule has 2 aliphatic heterocycles. The highest BCUT2D eigenvalue weighted by Crippen LogP contribution is 2.35. The molecule has 0 bridgehead atoms. The van der Waals surface area contributed by atoms with Gasteiger partial charge in [0.1, 0.15) is 5.69 Å². The van der Waals surface area contributed by atoms with Gasteiger partial charge in [-0.1, -0.05) is 29.8 Å². The molecule has 0 aromatic heterocycles. The number of benzene rings is 3. The maximum Gasteiger partial charge on any atom is 0.416 e. The Labute approximate surface area is 253 Å². The zero-order valence-electron chi connectivity index (χ0n) is 21.6. The van der Waals surface area contributed by atoms with Crippen LogP contribution in [0.2, 0.25) is 5.02 Å². The van der Waals surface area contributed by atoms with E-state index in [1.807, 2.05) is 48.7 Å². The molecular weight excluding hydrogens is 614 g/mol. The van der Waals surface area contributed by atoms with Gasteiger partial charge in [0.25, 0.3) is 5.56 Å². The van der Waals surface area contributed by atoms with Crippen molar-refractivity contribution in [2.45, 2.75) is 22.5 Å². The predicted molar refractivity (Wildman–Crippen MR) is 162 cm³/mol. The molecule has 3 aromatic carbocycles. The highest BCUT2D eigenvalue weighted by Gasteiger charge is 2.30. The number of aromatic nitrogens is 4. The van der Waals surface area contributed by atoms with Crippen molar-refractivity contribution in [2.24, 2.45) is 5.73 Å². The van der Waals surface area contributed by atoms with Gasteiger partial charge < -0.3 is 5.73 Å². The summed E-state index contributed by atoms with van der Waals surface area (Å²) in [5, 5.41) is 9.64. The number of halogens is 5. The number of alkyl halides is 3. The number of thioether (sulfide) groups is 2. The molecule has 214 valence electrons.